The zero-order valence-corrected chi connectivity index (χ0v) is 10.9. The second-order valence-corrected chi connectivity index (χ2v) is 7.04. The standard InChI is InChI=1S/C9H21N3O2S/c1-9(2,3)15(13,14)7-6-12-8(10-4)11-5/h6-7H2,1-5H3,(H2,10,11,12). The molecule has 0 aliphatic carbocycles. The van der Waals surface area contributed by atoms with Gasteiger partial charge in [-0.2, -0.15) is 0 Å². The second kappa shape index (κ2) is 5.34. The van der Waals surface area contributed by atoms with Crippen LogP contribution in [-0.4, -0.2) is 45.5 Å². The number of nitrogens with one attached hydrogen (secondary N) is 2. The molecule has 0 saturated heterocycles. The van der Waals surface area contributed by atoms with E-state index in [1.807, 2.05) is 0 Å². The van der Waals surface area contributed by atoms with Crippen LogP contribution in [0.15, 0.2) is 4.99 Å². The van der Waals surface area contributed by atoms with Gasteiger partial charge >= 0.3 is 0 Å². The monoisotopic (exact) mass is 235 g/mol. The molecule has 5 nitrogen and oxygen atoms in total. The van der Waals surface area contributed by atoms with Crippen LogP contribution < -0.4 is 10.6 Å². The molecular formula is C9H21N3O2S. The van der Waals surface area contributed by atoms with Crippen molar-refractivity contribution in [2.75, 3.05) is 26.4 Å². The molecule has 2 N–H and O–H groups in total. The van der Waals surface area contributed by atoms with E-state index < -0.39 is 14.6 Å². The zero-order valence-electron chi connectivity index (χ0n) is 10.1. The predicted molar refractivity (Wildman–Crippen MR) is 64.0 cm³/mol. The van der Waals surface area contributed by atoms with Gasteiger partial charge in [0.05, 0.1) is 10.5 Å². The van der Waals surface area contributed by atoms with Crippen molar-refractivity contribution in [3.05, 3.63) is 0 Å². The Bertz CT molecular complexity index is 315. The molecule has 0 heterocycles. The molecule has 90 valence electrons. The predicted octanol–water partition coefficient (Wildman–Crippen LogP) is -0.00550. The SMILES string of the molecule is CN=C(NC)NCCS(=O)(=O)C(C)(C)C. The fraction of sp³-hybridized carbons (Fsp3) is 0.889. The summed E-state index contributed by atoms with van der Waals surface area (Å²) in [6.45, 7) is 5.48. The second-order valence-electron chi connectivity index (χ2n) is 4.18. The average molecular weight is 235 g/mol. The van der Waals surface area contributed by atoms with Crippen LogP contribution in [0, 0.1) is 0 Å². The highest BCUT2D eigenvalue weighted by atomic mass is 32.2. The van der Waals surface area contributed by atoms with Gasteiger partial charge in [0.1, 0.15) is 0 Å². The average Bonchev–Trinajstić information content (AvgIpc) is 2.10. The third kappa shape index (κ3) is 4.51. The van der Waals surface area contributed by atoms with E-state index in [2.05, 4.69) is 15.6 Å². The van der Waals surface area contributed by atoms with Gasteiger partial charge in [-0.3, -0.25) is 4.99 Å². The summed E-state index contributed by atoms with van der Waals surface area (Å²) in [5.41, 5.74) is 0. The van der Waals surface area contributed by atoms with Crippen molar-refractivity contribution >= 4 is 15.8 Å². The summed E-state index contributed by atoms with van der Waals surface area (Å²) in [6, 6.07) is 0. The minimum atomic E-state index is -3.06. The number of sulfone groups is 1. The van der Waals surface area contributed by atoms with Crippen molar-refractivity contribution in [1.82, 2.24) is 10.6 Å². The number of hydrogen-bond donors (Lipinski definition) is 2. The molecule has 0 amide bonds. The molecule has 0 atom stereocenters. The number of guanidine groups is 1. The first kappa shape index (κ1) is 14.2. The molecule has 15 heavy (non-hydrogen) atoms. The zero-order chi connectivity index (χ0) is 12.1. The van der Waals surface area contributed by atoms with Crippen LogP contribution >= 0.6 is 0 Å². The van der Waals surface area contributed by atoms with Crippen LogP contribution in [0.2, 0.25) is 0 Å². The highest BCUT2D eigenvalue weighted by molar-refractivity contribution is 7.92. The summed E-state index contributed by atoms with van der Waals surface area (Å²) >= 11 is 0. The van der Waals surface area contributed by atoms with E-state index in [1.54, 1.807) is 34.9 Å². The Labute approximate surface area is 92.3 Å². The Balaban J connectivity index is 4.20. The lowest BCUT2D eigenvalue weighted by Crippen LogP contribution is -2.40. The molecular weight excluding hydrogens is 214 g/mol. The molecule has 0 aromatic rings. The van der Waals surface area contributed by atoms with Gasteiger partial charge in [-0.15, -0.1) is 0 Å². The lowest BCUT2D eigenvalue weighted by atomic mass is 10.3. The van der Waals surface area contributed by atoms with Crippen molar-refractivity contribution in [2.45, 2.75) is 25.5 Å². The highest BCUT2D eigenvalue weighted by Crippen LogP contribution is 2.14. The van der Waals surface area contributed by atoms with Crippen LogP contribution in [0.1, 0.15) is 20.8 Å². The van der Waals surface area contributed by atoms with E-state index in [9.17, 15) is 8.42 Å². The summed E-state index contributed by atoms with van der Waals surface area (Å²) in [7, 11) is 0.311. The van der Waals surface area contributed by atoms with Gasteiger partial charge in [-0.25, -0.2) is 8.42 Å². The van der Waals surface area contributed by atoms with E-state index in [1.165, 1.54) is 0 Å². The first-order chi connectivity index (χ1) is 6.74. The minimum absolute atomic E-state index is 0.108. The van der Waals surface area contributed by atoms with E-state index in [-0.39, 0.29) is 5.75 Å². The minimum Gasteiger partial charge on any atom is -0.359 e. The molecule has 0 rings (SSSR count). The molecule has 0 fully saturated rings. The van der Waals surface area contributed by atoms with E-state index >= 15 is 0 Å². The van der Waals surface area contributed by atoms with Crippen LogP contribution in [0.5, 0.6) is 0 Å². The van der Waals surface area contributed by atoms with E-state index in [0.29, 0.717) is 12.5 Å². The van der Waals surface area contributed by atoms with Gasteiger partial charge in [-0.1, -0.05) is 0 Å². The van der Waals surface area contributed by atoms with Crippen molar-refractivity contribution < 1.29 is 8.42 Å². The van der Waals surface area contributed by atoms with Crippen LogP contribution in [0.3, 0.4) is 0 Å². The Morgan fingerprint density at radius 3 is 2.20 bits per heavy atom. The summed E-state index contributed by atoms with van der Waals surface area (Å²) < 4.78 is 22.7. The summed E-state index contributed by atoms with van der Waals surface area (Å²) in [6.07, 6.45) is 0. The Morgan fingerprint density at radius 2 is 1.87 bits per heavy atom. The maximum absolute atomic E-state index is 11.7. The molecule has 0 radical (unpaired) electrons. The van der Waals surface area contributed by atoms with Crippen LogP contribution in [-0.2, 0) is 9.84 Å². The van der Waals surface area contributed by atoms with Crippen LogP contribution in [0.25, 0.3) is 0 Å². The molecule has 6 heteroatoms. The lowest BCUT2D eigenvalue weighted by molar-refractivity contribution is 0.559. The van der Waals surface area contributed by atoms with Crippen molar-refractivity contribution in [2.24, 2.45) is 4.99 Å². The first-order valence-corrected chi connectivity index (χ1v) is 6.50. The van der Waals surface area contributed by atoms with Gasteiger partial charge in [0.15, 0.2) is 15.8 Å². The third-order valence-corrected chi connectivity index (χ3v) is 4.66. The maximum atomic E-state index is 11.7. The highest BCUT2D eigenvalue weighted by Gasteiger charge is 2.28. The largest absolute Gasteiger partial charge is 0.359 e. The van der Waals surface area contributed by atoms with Crippen molar-refractivity contribution in [1.29, 1.82) is 0 Å². The number of hydrogen-bond acceptors (Lipinski definition) is 3. The quantitative estimate of drug-likeness (QED) is 0.533. The molecule has 0 bridgehead atoms. The number of nitrogens with zero attached hydrogens (tertiary/aromatic N) is 1. The lowest BCUT2D eigenvalue weighted by Gasteiger charge is -2.19. The van der Waals surface area contributed by atoms with Crippen molar-refractivity contribution in [3.8, 4) is 0 Å². The maximum Gasteiger partial charge on any atom is 0.190 e. The Morgan fingerprint density at radius 1 is 1.33 bits per heavy atom. The fourth-order valence-electron chi connectivity index (χ4n) is 0.889. The van der Waals surface area contributed by atoms with Gasteiger partial charge in [0.2, 0.25) is 0 Å². The molecule has 0 spiro atoms. The van der Waals surface area contributed by atoms with Gasteiger partial charge in [0, 0.05) is 20.6 Å². The van der Waals surface area contributed by atoms with Gasteiger partial charge in [0.25, 0.3) is 0 Å². The fourth-order valence-corrected chi connectivity index (χ4v) is 1.87. The Hall–Kier alpha value is -0.780. The van der Waals surface area contributed by atoms with Crippen molar-refractivity contribution in [3.63, 3.8) is 0 Å². The summed E-state index contributed by atoms with van der Waals surface area (Å²) in [5, 5.41) is 5.73. The third-order valence-electron chi connectivity index (χ3n) is 2.06. The topological polar surface area (TPSA) is 70.6 Å². The number of aliphatic imine (C=N–C) groups is 1. The first-order valence-electron chi connectivity index (χ1n) is 4.85. The smallest absolute Gasteiger partial charge is 0.190 e. The molecule has 0 aromatic heterocycles. The molecule has 0 saturated carbocycles. The van der Waals surface area contributed by atoms with E-state index in [0.717, 1.165) is 0 Å². The molecule has 0 aliphatic heterocycles. The summed E-state index contributed by atoms with van der Waals surface area (Å²) in [4.78, 5) is 3.89. The van der Waals surface area contributed by atoms with E-state index in [4.69, 9.17) is 0 Å². The molecule has 0 aliphatic rings. The molecule has 0 unspecified atom stereocenters. The Kier molecular flexibility index (Phi) is 5.07. The summed E-state index contributed by atoms with van der Waals surface area (Å²) in [5.74, 6) is 0.705. The van der Waals surface area contributed by atoms with Crippen LogP contribution in [0.4, 0.5) is 0 Å². The van der Waals surface area contributed by atoms with Gasteiger partial charge in [-0.05, 0) is 20.8 Å². The molecule has 0 aromatic carbocycles. The number of rotatable bonds is 3. The normalized spacial score (nSPS) is 13.8. The van der Waals surface area contributed by atoms with Gasteiger partial charge < -0.3 is 10.6 Å².